The van der Waals surface area contributed by atoms with Crippen LogP contribution in [0.25, 0.3) is 0 Å². The third-order valence-corrected chi connectivity index (χ3v) is 5.15. The van der Waals surface area contributed by atoms with Crippen molar-refractivity contribution in [1.29, 1.82) is 0 Å². The van der Waals surface area contributed by atoms with Crippen molar-refractivity contribution in [1.82, 2.24) is 10.2 Å². The minimum atomic E-state index is -1.20. The van der Waals surface area contributed by atoms with E-state index in [9.17, 15) is 9.59 Å². The first-order valence-electron chi connectivity index (χ1n) is 8.93. The molecule has 0 amide bonds. The summed E-state index contributed by atoms with van der Waals surface area (Å²) < 4.78 is 5.65. The molecule has 2 aliphatic heterocycles. The van der Waals surface area contributed by atoms with Crippen molar-refractivity contribution in [3.05, 3.63) is 0 Å². The molecule has 0 aromatic rings. The Hall–Kier alpha value is -1.38. The van der Waals surface area contributed by atoms with Crippen molar-refractivity contribution in [3.63, 3.8) is 0 Å². The van der Waals surface area contributed by atoms with E-state index in [1.54, 1.807) is 0 Å². The van der Waals surface area contributed by atoms with Crippen molar-refractivity contribution in [2.24, 2.45) is 5.92 Å². The van der Waals surface area contributed by atoms with Crippen molar-refractivity contribution in [2.45, 2.75) is 57.1 Å². The third-order valence-electron chi connectivity index (χ3n) is 5.15. The van der Waals surface area contributed by atoms with Crippen LogP contribution < -0.4 is 5.32 Å². The average molecular weight is 318 g/mol. The number of hydrogen-bond donors (Lipinski definition) is 1. The van der Waals surface area contributed by atoms with Crippen LogP contribution in [0.1, 0.15) is 51.4 Å². The summed E-state index contributed by atoms with van der Waals surface area (Å²) in [4.78, 5) is 27.1. The molecule has 126 valence electrons. The number of nitrogens with one attached hydrogen (secondary N) is 1. The standard InChI is InChI=1S/C18H26N2O3/c21-16(9-5-14-20-12-3-4-13-20)18(10-6-11-19-18)23-17(22)15-7-1-2-8-15/h15,19H,1-4,6-8,10-14H2/t18-/m0/s1. The Labute approximate surface area is 138 Å². The summed E-state index contributed by atoms with van der Waals surface area (Å²) in [6.07, 6.45) is 7.68. The Morgan fingerprint density at radius 1 is 1.13 bits per heavy atom. The molecule has 0 bridgehead atoms. The fourth-order valence-corrected chi connectivity index (χ4v) is 3.73. The zero-order chi connectivity index (χ0) is 16.1. The lowest BCUT2D eigenvalue weighted by molar-refractivity contribution is -0.171. The second-order valence-electron chi connectivity index (χ2n) is 6.87. The van der Waals surface area contributed by atoms with Gasteiger partial charge in [-0.25, -0.2) is 0 Å². The van der Waals surface area contributed by atoms with Gasteiger partial charge >= 0.3 is 5.97 Å². The fraction of sp³-hybridized carbons (Fsp3) is 0.778. The summed E-state index contributed by atoms with van der Waals surface area (Å²) in [5.41, 5.74) is -1.20. The van der Waals surface area contributed by atoms with E-state index in [0.717, 1.165) is 45.2 Å². The van der Waals surface area contributed by atoms with Crippen molar-refractivity contribution < 1.29 is 14.3 Å². The molecule has 1 atom stereocenters. The summed E-state index contributed by atoms with van der Waals surface area (Å²) in [5, 5.41) is 3.09. The number of ether oxygens (including phenoxy) is 1. The highest BCUT2D eigenvalue weighted by atomic mass is 16.6. The van der Waals surface area contributed by atoms with E-state index in [1.807, 2.05) is 0 Å². The molecule has 1 N–H and O–H groups in total. The Balaban J connectivity index is 1.61. The van der Waals surface area contributed by atoms with Gasteiger partial charge in [0, 0.05) is 6.42 Å². The molecule has 0 spiro atoms. The van der Waals surface area contributed by atoms with Gasteiger partial charge < -0.3 is 4.74 Å². The Kier molecular flexibility index (Phi) is 5.34. The van der Waals surface area contributed by atoms with Gasteiger partial charge in [-0.15, -0.1) is 0 Å². The molecule has 2 saturated heterocycles. The van der Waals surface area contributed by atoms with Gasteiger partial charge in [-0.2, -0.15) is 0 Å². The minimum Gasteiger partial charge on any atom is -0.435 e. The first kappa shape index (κ1) is 16.5. The van der Waals surface area contributed by atoms with E-state index in [4.69, 9.17) is 4.74 Å². The van der Waals surface area contributed by atoms with E-state index in [0.29, 0.717) is 19.5 Å². The maximum absolute atomic E-state index is 12.6. The van der Waals surface area contributed by atoms with Crippen LogP contribution in [0.2, 0.25) is 0 Å². The molecule has 5 nitrogen and oxygen atoms in total. The summed E-state index contributed by atoms with van der Waals surface area (Å²) >= 11 is 0. The summed E-state index contributed by atoms with van der Waals surface area (Å²) in [6.45, 7) is 3.43. The number of esters is 1. The van der Waals surface area contributed by atoms with Gasteiger partial charge in [0.25, 0.3) is 5.78 Å². The van der Waals surface area contributed by atoms with Gasteiger partial charge in [0.2, 0.25) is 5.72 Å². The van der Waals surface area contributed by atoms with E-state index in [1.165, 1.54) is 12.8 Å². The number of ketones is 1. The number of rotatable bonds is 4. The largest absolute Gasteiger partial charge is 0.435 e. The van der Waals surface area contributed by atoms with Crippen molar-refractivity contribution in [3.8, 4) is 11.8 Å². The lowest BCUT2D eigenvalue weighted by Gasteiger charge is -2.27. The Morgan fingerprint density at radius 3 is 2.52 bits per heavy atom. The second-order valence-corrected chi connectivity index (χ2v) is 6.87. The van der Waals surface area contributed by atoms with E-state index >= 15 is 0 Å². The second kappa shape index (κ2) is 7.46. The molecule has 0 aromatic carbocycles. The van der Waals surface area contributed by atoms with Gasteiger partial charge in [0.15, 0.2) is 0 Å². The molecule has 0 unspecified atom stereocenters. The third kappa shape index (κ3) is 3.94. The summed E-state index contributed by atoms with van der Waals surface area (Å²) in [6, 6.07) is 0. The first-order valence-corrected chi connectivity index (χ1v) is 8.93. The molecule has 2 heterocycles. The summed E-state index contributed by atoms with van der Waals surface area (Å²) in [5.74, 6) is 5.12. The van der Waals surface area contributed by atoms with Crippen molar-refractivity contribution in [2.75, 3.05) is 26.2 Å². The van der Waals surface area contributed by atoms with Crippen LogP contribution in [0.5, 0.6) is 0 Å². The van der Waals surface area contributed by atoms with Crippen LogP contribution in [-0.2, 0) is 14.3 Å². The number of hydrogen-bond acceptors (Lipinski definition) is 5. The number of likely N-dealkylation sites (tertiary alicyclic amines) is 1. The minimum absolute atomic E-state index is 0.0420. The molecule has 5 heteroatoms. The highest BCUT2D eigenvalue weighted by molar-refractivity contribution is 6.03. The van der Waals surface area contributed by atoms with E-state index in [2.05, 4.69) is 22.1 Å². The number of Topliss-reactive ketones (excluding diaryl/α,β-unsaturated/α-hetero) is 1. The van der Waals surface area contributed by atoms with Gasteiger partial charge in [-0.3, -0.25) is 19.8 Å². The quantitative estimate of drug-likeness (QED) is 0.483. The smallest absolute Gasteiger partial charge is 0.311 e. The maximum Gasteiger partial charge on any atom is 0.311 e. The van der Waals surface area contributed by atoms with Crippen LogP contribution in [0.3, 0.4) is 0 Å². The van der Waals surface area contributed by atoms with Crippen LogP contribution >= 0.6 is 0 Å². The summed E-state index contributed by atoms with van der Waals surface area (Å²) in [7, 11) is 0. The highest BCUT2D eigenvalue weighted by Crippen LogP contribution is 2.30. The Morgan fingerprint density at radius 2 is 1.87 bits per heavy atom. The fourth-order valence-electron chi connectivity index (χ4n) is 3.73. The predicted octanol–water partition coefficient (Wildman–Crippen LogP) is 1.47. The molecule has 3 fully saturated rings. The molecule has 3 rings (SSSR count). The SMILES string of the molecule is O=C(O[C@]1(C(=O)C#CCN2CCCC2)CCCN1)C1CCCC1. The van der Waals surface area contributed by atoms with Gasteiger partial charge in [-0.05, 0) is 57.7 Å². The van der Waals surface area contributed by atoms with E-state index in [-0.39, 0.29) is 17.7 Å². The highest BCUT2D eigenvalue weighted by Gasteiger charge is 2.45. The molecule has 23 heavy (non-hydrogen) atoms. The van der Waals surface area contributed by atoms with Gasteiger partial charge in [0.05, 0.1) is 12.5 Å². The molecular weight excluding hydrogens is 292 g/mol. The monoisotopic (exact) mass is 318 g/mol. The molecule has 0 radical (unpaired) electrons. The van der Waals surface area contributed by atoms with Gasteiger partial charge in [-0.1, -0.05) is 18.8 Å². The van der Waals surface area contributed by atoms with Crippen molar-refractivity contribution >= 4 is 11.8 Å². The molecule has 3 aliphatic rings. The topological polar surface area (TPSA) is 58.6 Å². The zero-order valence-electron chi connectivity index (χ0n) is 13.7. The first-order chi connectivity index (χ1) is 11.2. The molecule has 1 saturated carbocycles. The lowest BCUT2D eigenvalue weighted by Crippen LogP contribution is -2.51. The average Bonchev–Trinajstić information content (AvgIpc) is 3.30. The molecular formula is C18H26N2O3. The Bertz CT molecular complexity index is 502. The lowest BCUT2D eigenvalue weighted by atomic mass is 10.0. The van der Waals surface area contributed by atoms with Gasteiger partial charge in [0.1, 0.15) is 0 Å². The van der Waals surface area contributed by atoms with Crippen LogP contribution in [0, 0.1) is 17.8 Å². The molecule has 1 aliphatic carbocycles. The number of carbonyl (C=O) groups is 2. The number of carbonyl (C=O) groups excluding carboxylic acids is 2. The zero-order valence-corrected chi connectivity index (χ0v) is 13.7. The maximum atomic E-state index is 12.6. The normalized spacial score (nSPS) is 28.5. The van der Waals surface area contributed by atoms with Crippen LogP contribution in [-0.4, -0.2) is 48.6 Å². The van der Waals surface area contributed by atoms with Crippen LogP contribution in [0.15, 0.2) is 0 Å². The van der Waals surface area contributed by atoms with Crippen LogP contribution in [0.4, 0.5) is 0 Å². The predicted molar refractivity (Wildman–Crippen MR) is 86.5 cm³/mol. The van der Waals surface area contributed by atoms with E-state index < -0.39 is 5.72 Å². The number of nitrogens with zero attached hydrogens (tertiary/aromatic N) is 1. The molecule has 0 aromatic heterocycles.